The van der Waals surface area contributed by atoms with Gasteiger partial charge in [-0.1, -0.05) is 24.9 Å². The minimum Gasteiger partial charge on any atom is -0.481 e. The van der Waals surface area contributed by atoms with Crippen molar-refractivity contribution in [3.05, 3.63) is 28.8 Å². The lowest BCUT2D eigenvalue weighted by Crippen LogP contribution is -2.46. The molecule has 0 bridgehead atoms. The molecule has 0 heterocycles. The van der Waals surface area contributed by atoms with Gasteiger partial charge < -0.3 is 15.2 Å². The van der Waals surface area contributed by atoms with Gasteiger partial charge in [-0.05, 0) is 44.0 Å². The Morgan fingerprint density at radius 2 is 2.10 bits per heavy atom. The van der Waals surface area contributed by atoms with E-state index in [1.165, 1.54) is 0 Å². The van der Waals surface area contributed by atoms with Crippen molar-refractivity contribution in [1.82, 2.24) is 5.32 Å². The summed E-state index contributed by atoms with van der Waals surface area (Å²) >= 11 is 5.85. The highest BCUT2D eigenvalue weighted by molar-refractivity contribution is 6.30. The third kappa shape index (κ3) is 5.27. The molecule has 6 heteroatoms. The zero-order valence-corrected chi connectivity index (χ0v) is 13.1. The summed E-state index contributed by atoms with van der Waals surface area (Å²) in [5, 5.41) is 12.1. The number of rotatable bonds is 7. The maximum Gasteiger partial charge on any atom is 0.326 e. The van der Waals surface area contributed by atoms with Gasteiger partial charge in [0.25, 0.3) is 5.91 Å². The Labute approximate surface area is 129 Å². The van der Waals surface area contributed by atoms with Gasteiger partial charge in [-0.15, -0.1) is 0 Å². The predicted octanol–water partition coefficient (Wildman–Crippen LogP) is 2.79. The molecule has 2 atom stereocenters. The second-order valence-corrected chi connectivity index (χ2v) is 5.29. The molecule has 1 amide bonds. The van der Waals surface area contributed by atoms with E-state index < -0.39 is 24.0 Å². The van der Waals surface area contributed by atoms with Crippen molar-refractivity contribution in [2.24, 2.45) is 0 Å². The second-order valence-electron chi connectivity index (χ2n) is 4.86. The van der Waals surface area contributed by atoms with E-state index in [0.29, 0.717) is 23.6 Å². The molecule has 5 nitrogen and oxygen atoms in total. The molecule has 0 aliphatic carbocycles. The number of hydrogen-bond donors (Lipinski definition) is 2. The Balaban J connectivity index is 2.67. The van der Waals surface area contributed by atoms with Crippen LogP contribution in [0.25, 0.3) is 0 Å². The van der Waals surface area contributed by atoms with Gasteiger partial charge in [0, 0.05) is 5.02 Å². The zero-order valence-electron chi connectivity index (χ0n) is 12.4. The lowest BCUT2D eigenvalue weighted by atomic mass is 10.1. The van der Waals surface area contributed by atoms with E-state index in [1.54, 1.807) is 25.1 Å². The number of ether oxygens (including phenoxy) is 1. The van der Waals surface area contributed by atoms with Gasteiger partial charge in [0.1, 0.15) is 11.8 Å². The fourth-order valence-electron chi connectivity index (χ4n) is 1.82. The van der Waals surface area contributed by atoms with Gasteiger partial charge in [0.2, 0.25) is 0 Å². The van der Waals surface area contributed by atoms with Crippen molar-refractivity contribution < 1.29 is 19.4 Å². The van der Waals surface area contributed by atoms with Crippen LogP contribution in [0.5, 0.6) is 5.75 Å². The van der Waals surface area contributed by atoms with Gasteiger partial charge in [-0.25, -0.2) is 4.79 Å². The molecule has 116 valence electrons. The molecule has 0 saturated heterocycles. The highest BCUT2D eigenvalue weighted by Gasteiger charge is 2.23. The predicted molar refractivity (Wildman–Crippen MR) is 80.8 cm³/mol. The van der Waals surface area contributed by atoms with E-state index in [1.807, 2.05) is 13.8 Å². The fourth-order valence-corrected chi connectivity index (χ4v) is 2.05. The zero-order chi connectivity index (χ0) is 16.0. The molecule has 0 saturated carbocycles. The normalized spacial score (nSPS) is 13.3. The van der Waals surface area contributed by atoms with E-state index in [-0.39, 0.29) is 0 Å². The van der Waals surface area contributed by atoms with E-state index in [2.05, 4.69) is 5.32 Å². The van der Waals surface area contributed by atoms with Crippen LogP contribution >= 0.6 is 11.6 Å². The summed E-state index contributed by atoms with van der Waals surface area (Å²) in [7, 11) is 0. The van der Waals surface area contributed by atoms with Crippen molar-refractivity contribution >= 4 is 23.5 Å². The van der Waals surface area contributed by atoms with E-state index in [0.717, 1.165) is 5.56 Å². The van der Waals surface area contributed by atoms with Crippen LogP contribution in [0.2, 0.25) is 5.02 Å². The Morgan fingerprint density at radius 1 is 1.43 bits per heavy atom. The number of benzene rings is 1. The molecule has 1 aromatic carbocycles. The van der Waals surface area contributed by atoms with Crippen LogP contribution in [0.4, 0.5) is 0 Å². The molecule has 0 spiro atoms. The van der Waals surface area contributed by atoms with Crippen LogP contribution in [0.1, 0.15) is 32.3 Å². The van der Waals surface area contributed by atoms with Gasteiger partial charge in [-0.3, -0.25) is 4.79 Å². The highest BCUT2D eigenvalue weighted by atomic mass is 35.5. The summed E-state index contributed by atoms with van der Waals surface area (Å²) in [6.07, 6.45) is 0.264. The average Bonchev–Trinajstić information content (AvgIpc) is 2.41. The van der Waals surface area contributed by atoms with Gasteiger partial charge in [0.05, 0.1) is 0 Å². The monoisotopic (exact) mass is 313 g/mol. The smallest absolute Gasteiger partial charge is 0.326 e. The summed E-state index contributed by atoms with van der Waals surface area (Å²) in [5.74, 6) is -0.949. The van der Waals surface area contributed by atoms with Gasteiger partial charge in [0.15, 0.2) is 6.10 Å². The van der Waals surface area contributed by atoms with E-state index >= 15 is 0 Å². The van der Waals surface area contributed by atoms with Crippen molar-refractivity contribution in [1.29, 1.82) is 0 Å². The van der Waals surface area contributed by atoms with Crippen LogP contribution in [0.3, 0.4) is 0 Å². The third-order valence-corrected chi connectivity index (χ3v) is 3.24. The lowest BCUT2D eigenvalue weighted by molar-refractivity contribution is -0.143. The van der Waals surface area contributed by atoms with Crippen molar-refractivity contribution in [2.45, 2.75) is 45.8 Å². The Bertz CT molecular complexity index is 518. The number of aryl methyl sites for hydroxylation is 1. The molecule has 21 heavy (non-hydrogen) atoms. The molecule has 0 aliphatic rings. The average molecular weight is 314 g/mol. The largest absolute Gasteiger partial charge is 0.481 e. The van der Waals surface area contributed by atoms with Crippen LogP contribution in [0, 0.1) is 6.92 Å². The quantitative estimate of drug-likeness (QED) is 0.811. The summed E-state index contributed by atoms with van der Waals surface area (Å²) < 4.78 is 5.56. The molecule has 0 radical (unpaired) electrons. The standard InChI is InChI=1S/C15H20ClNO4/c1-4-5-12(15(19)20)17-14(18)10(3)21-13-7-6-11(16)8-9(13)2/h6-8,10,12H,4-5H2,1-3H3,(H,17,18)(H,19,20). The summed E-state index contributed by atoms with van der Waals surface area (Å²) in [6.45, 7) is 5.26. The summed E-state index contributed by atoms with van der Waals surface area (Å²) in [5.41, 5.74) is 0.811. The molecule has 2 unspecified atom stereocenters. The number of carboxylic acid groups (broad SMARTS) is 1. The topological polar surface area (TPSA) is 75.6 Å². The minimum absolute atomic E-state index is 0.383. The van der Waals surface area contributed by atoms with Gasteiger partial charge in [-0.2, -0.15) is 0 Å². The first kappa shape index (κ1) is 17.3. The first-order chi connectivity index (χ1) is 9.85. The molecule has 1 rings (SSSR count). The molecule has 0 aliphatic heterocycles. The maximum absolute atomic E-state index is 12.0. The Hall–Kier alpha value is -1.75. The van der Waals surface area contributed by atoms with E-state index in [9.17, 15) is 9.59 Å². The number of nitrogens with one attached hydrogen (secondary N) is 1. The van der Waals surface area contributed by atoms with Gasteiger partial charge >= 0.3 is 5.97 Å². The summed E-state index contributed by atoms with van der Waals surface area (Å²) in [4.78, 5) is 23.0. The Kier molecular flexibility index (Phi) is 6.49. The number of aliphatic carboxylic acids is 1. The Morgan fingerprint density at radius 3 is 2.62 bits per heavy atom. The van der Waals surface area contributed by atoms with Crippen LogP contribution < -0.4 is 10.1 Å². The molecule has 1 aromatic rings. The second kappa shape index (κ2) is 7.88. The van der Waals surface area contributed by atoms with Crippen molar-refractivity contribution in [3.8, 4) is 5.75 Å². The fraction of sp³-hybridized carbons (Fsp3) is 0.467. The van der Waals surface area contributed by atoms with E-state index in [4.69, 9.17) is 21.4 Å². The highest BCUT2D eigenvalue weighted by Crippen LogP contribution is 2.22. The number of carboxylic acids is 1. The minimum atomic E-state index is -1.04. The first-order valence-electron chi connectivity index (χ1n) is 6.81. The van der Waals surface area contributed by atoms with Crippen LogP contribution in [-0.2, 0) is 9.59 Å². The number of hydrogen-bond acceptors (Lipinski definition) is 3. The number of amides is 1. The third-order valence-electron chi connectivity index (χ3n) is 3.00. The summed E-state index contributed by atoms with van der Waals surface area (Å²) in [6, 6.07) is 4.20. The molecular weight excluding hydrogens is 294 g/mol. The number of carbonyl (C=O) groups excluding carboxylic acids is 1. The first-order valence-corrected chi connectivity index (χ1v) is 7.19. The SMILES string of the molecule is CCCC(NC(=O)C(C)Oc1ccc(Cl)cc1C)C(=O)O. The van der Waals surface area contributed by atoms with Crippen LogP contribution in [-0.4, -0.2) is 29.1 Å². The lowest BCUT2D eigenvalue weighted by Gasteiger charge is -2.19. The number of halogens is 1. The molecule has 0 aromatic heterocycles. The van der Waals surface area contributed by atoms with Crippen molar-refractivity contribution in [3.63, 3.8) is 0 Å². The molecular formula is C15H20ClNO4. The molecule has 2 N–H and O–H groups in total. The number of carbonyl (C=O) groups is 2. The molecule has 0 fully saturated rings. The van der Waals surface area contributed by atoms with Crippen molar-refractivity contribution in [2.75, 3.05) is 0 Å². The van der Waals surface area contributed by atoms with Crippen LogP contribution in [0.15, 0.2) is 18.2 Å². The maximum atomic E-state index is 12.0.